The molecule has 0 spiro atoms. The molecule has 2 heterocycles. The van der Waals surface area contributed by atoms with Crippen molar-refractivity contribution in [3.05, 3.63) is 89.3 Å². The Balaban J connectivity index is 1.05. The Hall–Kier alpha value is -6.82. The molecule has 1 unspecified atom stereocenters. The number of allylic oxidation sites excluding steroid dienone is 1. The zero-order valence-electron chi connectivity index (χ0n) is 33.8. The molecule has 3 aromatic rings. The number of hydrogen-bond acceptors (Lipinski definition) is 10. The van der Waals surface area contributed by atoms with Gasteiger partial charge in [-0.15, -0.1) is 0 Å². The topological polar surface area (TPSA) is 203 Å². The number of benzene rings is 2. The molecule has 1 aliphatic heterocycles. The van der Waals surface area contributed by atoms with Gasteiger partial charge in [-0.25, -0.2) is 4.98 Å². The summed E-state index contributed by atoms with van der Waals surface area (Å²) < 4.78 is 5.54. The van der Waals surface area contributed by atoms with E-state index in [0.717, 1.165) is 45.9 Å². The normalized spacial score (nSPS) is 13.4. The number of anilines is 4. The van der Waals surface area contributed by atoms with Gasteiger partial charge in [0.05, 0.1) is 25.0 Å². The molecule has 2 aromatic carbocycles. The van der Waals surface area contributed by atoms with Gasteiger partial charge in [-0.1, -0.05) is 38.5 Å². The van der Waals surface area contributed by atoms with Crippen LogP contribution >= 0.6 is 0 Å². The molecule has 308 valence electrons. The number of nitriles is 1. The summed E-state index contributed by atoms with van der Waals surface area (Å²) in [5, 5.41) is 20.6. The van der Waals surface area contributed by atoms with Gasteiger partial charge < -0.3 is 30.9 Å². The van der Waals surface area contributed by atoms with E-state index in [-0.39, 0.29) is 48.9 Å². The van der Waals surface area contributed by atoms with Crippen molar-refractivity contribution >= 4 is 64.3 Å². The summed E-state index contributed by atoms with van der Waals surface area (Å²) in [4.78, 5) is 82.2. The number of aryl methyl sites for hydroxylation is 1. The quantitative estimate of drug-likeness (QED) is 0.0950. The van der Waals surface area contributed by atoms with Gasteiger partial charge in [-0.05, 0) is 86.1 Å². The van der Waals surface area contributed by atoms with E-state index in [1.807, 2.05) is 48.4 Å². The third kappa shape index (κ3) is 11.9. The molecule has 1 atom stereocenters. The van der Waals surface area contributed by atoms with E-state index < -0.39 is 17.9 Å². The number of unbranched alkanes of at least 4 members (excludes halogenated alkanes) is 2. The first kappa shape index (κ1) is 43.3. The fraction of sp³-hybridized carbons (Fsp3) is 0.364. The molecule has 1 aromatic heterocycles. The maximum absolute atomic E-state index is 13.1. The highest BCUT2D eigenvalue weighted by atomic mass is 16.5. The summed E-state index contributed by atoms with van der Waals surface area (Å²) in [6, 6.07) is 15.7. The van der Waals surface area contributed by atoms with E-state index in [1.165, 1.54) is 19.3 Å². The minimum Gasteiger partial charge on any atom is -0.495 e. The molecule has 4 N–H and O–H groups in total. The van der Waals surface area contributed by atoms with Crippen molar-refractivity contribution in [2.45, 2.75) is 71.3 Å². The summed E-state index contributed by atoms with van der Waals surface area (Å²) in [6.45, 7) is 3.58. The number of nitrogens with one attached hydrogen (secondary N) is 4. The number of pyridine rings is 1. The van der Waals surface area contributed by atoms with Crippen LogP contribution in [0.25, 0.3) is 6.08 Å². The second-order valence-corrected chi connectivity index (χ2v) is 14.7. The van der Waals surface area contributed by atoms with Crippen molar-refractivity contribution < 1.29 is 33.5 Å². The van der Waals surface area contributed by atoms with Crippen LogP contribution in [-0.4, -0.2) is 78.6 Å². The van der Waals surface area contributed by atoms with Gasteiger partial charge in [-0.2, -0.15) is 5.26 Å². The van der Waals surface area contributed by atoms with Crippen LogP contribution in [0.4, 0.5) is 22.7 Å². The van der Waals surface area contributed by atoms with E-state index >= 15 is 0 Å². The van der Waals surface area contributed by atoms with E-state index in [0.29, 0.717) is 55.0 Å². The SMILES string of the molecule is COc1ccc(N(C)c2cc(C#N)nc3c2CCC=C3)cc1NC(=O)CCc1ccc(NC(=O)CNC(=O)C(NC(=O)CCCCCN2C(=O)C=CC2=O)C(C)C)cc1. The van der Waals surface area contributed by atoms with Crippen molar-refractivity contribution in [2.24, 2.45) is 5.92 Å². The van der Waals surface area contributed by atoms with Gasteiger partial charge >= 0.3 is 0 Å². The minimum absolute atomic E-state index is 0.178. The van der Waals surface area contributed by atoms with E-state index in [2.05, 4.69) is 32.3 Å². The summed E-state index contributed by atoms with van der Waals surface area (Å²) in [5.74, 6) is -1.84. The Morgan fingerprint density at radius 2 is 1.66 bits per heavy atom. The van der Waals surface area contributed by atoms with Crippen molar-refractivity contribution in [3.63, 3.8) is 0 Å². The van der Waals surface area contributed by atoms with Crippen LogP contribution in [0.5, 0.6) is 5.75 Å². The van der Waals surface area contributed by atoms with Gasteiger partial charge in [0, 0.05) is 61.2 Å². The average molecular weight is 803 g/mol. The number of carbonyl (C=O) groups is 6. The lowest BCUT2D eigenvalue weighted by Gasteiger charge is -2.26. The fourth-order valence-electron chi connectivity index (χ4n) is 6.76. The number of methoxy groups -OCH3 is 1. The highest BCUT2D eigenvalue weighted by Crippen LogP contribution is 2.36. The van der Waals surface area contributed by atoms with Crippen molar-refractivity contribution in [1.29, 1.82) is 5.26 Å². The number of ether oxygens (including phenoxy) is 1. The molecule has 6 amide bonds. The number of amides is 6. The molecule has 59 heavy (non-hydrogen) atoms. The lowest BCUT2D eigenvalue weighted by Crippen LogP contribution is -2.51. The standard InChI is InChI=1S/C44H50N8O7/c1-28(2)43(50-38(53)12-6-5-9-23-52-41(56)21-22-42(52)57)44(58)46-27-40(55)48-30-16-13-29(14-17-30)15-20-39(54)49-35-25-32(18-19-37(35)59-4)51(3)36-24-31(26-45)47-34-11-8-7-10-33(34)36/h8,11,13-14,16-19,21-22,24-25,28,43H,5-7,9-10,12,15,20,23,27H2,1-4H3,(H,46,58)(H,48,55)(H,49,54)(H,50,53). The molecular formula is C44H50N8O7. The van der Waals surface area contributed by atoms with Crippen molar-refractivity contribution in [3.8, 4) is 11.8 Å². The highest BCUT2D eigenvalue weighted by molar-refractivity contribution is 6.12. The zero-order valence-corrected chi connectivity index (χ0v) is 33.8. The molecule has 1 aliphatic carbocycles. The first-order chi connectivity index (χ1) is 28.4. The Kier molecular flexibility index (Phi) is 15.1. The maximum atomic E-state index is 13.1. The van der Waals surface area contributed by atoms with Gasteiger partial charge in [-0.3, -0.25) is 33.7 Å². The Morgan fingerprint density at radius 3 is 2.36 bits per heavy atom. The lowest BCUT2D eigenvalue weighted by atomic mass is 9.98. The molecule has 15 heteroatoms. The third-order valence-electron chi connectivity index (χ3n) is 10.0. The zero-order chi connectivity index (χ0) is 42.5. The predicted octanol–water partition coefficient (Wildman–Crippen LogP) is 4.94. The van der Waals surface area contributed by atoms with E-state index in [1.54, 1.807) is 38.1 Å². The number of rotatable bonds is 19. The van der Waals surface area contributed by atoms with Gasteiger partial charge in [0.15, 0.2) is 0 Å². The second-order valence-electron chi connectivity index (χ2n) is 14.7. The van der Waals surface area contributed by atoms with Crippen LogP contribution in [0.2, 0.25) is 0 Å². The average Bonchev–Trinajstić information content (AvgIpc) is 3.56. The molecule has 5 rings (SSSR count). The molecule has 0 bridgehead atoms. The van der Waals surface area contributed by atoms with Crippen LogP contribution in [0, 0.1) is 17.2 Å². The first-order valence-electron chi connectivity index (χ1n) is 19.7. The second kappa shape index (κ2) is 20.6. The fourth-order valence-corrected chi connectivity index (χ4v) is 6.76. The van der Waals surface area contributed by atoms with Gasteiger partial charge in [0.2, 0.25) is 23.6 Å². The lowest BCUT2D eigenvalue weighted by molar-refractivity contribution is -0.137. The first-order valence-corrected chi connectivity index (χ1v) is 19.7. The smallest absolute Gasteiger partial charge is 0.253 e. The molecule has 0 radical (unpaired) electrons. The van der Waals surface area contributed by atoms with Crippen LogP contribution < -0.4 is 30.9 Å². The van der Waals surface area contributed by atoms with Crippen LogP contribution in [-0.2, 0) is 41.6 Å². The number of carbonyl (C=O) groups excluding carboxylic acids is 6. The van der Waals surface area contributed by atoms with Crippen LogP contribution in [0.1, 0.15) is 74.9 Å². The summed E-state index contributed by atoms with van der Waals surface area (Å²) in [6.07, 6.45) is 10.7. The van der Waals surface area contributed by atoms with Crippen molar-refractivity contribution in [1.82, 2.24) is 20.5 Å². The molecule has 0 saturated carbocycles. The van der Waals surface area contributed by atoms with Gasteiger partial charge in [0.25, 0.3) is 11.8 Å². The molecule has 0 saturated heterocycles. The largest absolute Gasteiger partial charge is 0.495 e. The predicted molar refractivity (Wildman–Crippen MR) is 223 cm³/mol. The molecular weight excluding hydrogens is 753 g/mol. The molecule has 15 nitrogen and oxygen atoms in total. The van der Waals surface area contributed by atoms with E-state index in [4.69, 9.17) is 4.74 Å². The molecule has 0 fully saturated rings. The summed E-state index contributed by atoms with van der Waals surface area (Å²) in [7, 11) is 3.45. The van der Waals surface area contributed by atoms with Gasteiger partial charge in [0.1, 0.15) is 23.6 Å². The number of aromatic nitrogens is 1. The Bertz CT molecular complexity index is 2160. The van der Waals surface area contributed by atoms with Crippen LogP contribution in [0.3, 0.4) is 0 Å². The number of hydrogen-bond donors (Lipinski definition) is 4. The number of imide groups is 1. The van der Waals surface area contributed by atoms with E-state index in [9.17, 15) is 34.0 Å². The summed E-state index contributed by atoms with van der Waals surface area (Å²) >= 11 is 0. The monoisotopic (exact) mass is 802 g/mol. The Morgan fingerprint density at radius 1 is 0.915 bits per heavy atom. The number of nitrogens with zero attached hydrogens (tertiary/aromatic N) is 4. The van der Waals surface area contributed by atoms with Crippen molar-refractivity contribution in [2.75, 3.05) is 42.8 Å². The maximum Gasteiger partial charge on any atom is 0.253 e. The van der Waals surface area contributed by atoms with Crippen LogP contribution in [0.15, 0.2) is 66.8 Å². The molecule has 2 aliphatic rings. The number of fused-ring (bicyclic) bond motifs is 1. The third-order valence-corrected chi connectivity index (χ3v) is 10.0. The minimum atomic E-state index is -0.835. The summed E-state index contributed by atoms with van der Waals surface area (Å²) in [5.41, 5.74) is 5.73. The Labute approximate surface area is 343 Å². The highest BCUT2D eigenvalue weighted by Gasteiger charge is 2.25.